The molecule has 1 aromatic rings. The second kappa shape index (κ2) is 9.09. The summed E-state index contributed by atoms with van der Waals surface area (Å²) < 4.78 is 0. The van der Waals surface area contributed by atoms with Gasteiger partial charge in [-0.15, -0.1) is 0 Å². The van der Waals surface area contributed by atoms with E-state index in [9.17, 15) is 0 Å². The molecule has 2 rings (SSSR count). The molecule has 0 spiro atoms. The van der Waals surface area contributed by atoms with E-state index < -0.39 is 0 Å². The van der Waals surface area contributed by atoms with E-state index in [2.05, 4.69) is 47.9 Å². The van der Waals surface area contributed by atoms with Crippen LogP contribution in [0.3, 0.4) is 0 Å². The topological polar surface area (TPSA) is 6.48 Å². The van der Waals surface area contributed by atoms with Crippen LogP contribution in [0.5, 0.6) is 0 Å². The molecule has 0 aliphatic carbocycles. The van der Waals surface area contributed by atoms with Crippen LogP contribution in [0, 0.1) is 0 Å². The molecule has 0 radical (unpaired) electrons. The minimum atomic E-state index is 1.20. The maximum Gasteiger partial charge on any atom is 0.0398 e. The zero-order valence-corrected chi connectivity index (χ0v) is 14.0. The van der Waals surface area contributed by atoms with Crippen LogP contribution in [0.2, 0.25) is 0 Å². The largest absolute Gasteiger partial charge is 0.371 e. The first-order chi connectivity index (χ1) is 10.3. The van der Waals surface area contributed by atoms with Gasteiger partial charge in [0.05, 0.1) is 0 Å². The molecule has 1 aliphatic heterocycles. The van der Waals surface area contributed by atoms with Gasteiger partial charge in [0.15, 0.2) is 0 Å². The molecule has 21 heavy (non-hydrogen) atoms. The van der Waals surface area contributed by atoms with E-state index in [1.807, 2.05) is 0 Å². The van der Waals surface area contributed by atoms with Crippen LogP contribution in [0.4, 0.5) is 5.69 Å². The number of anilines is 1. The minimum absolute atomic E-state index is 1.20. The highest BCUT2D eigenvalue weighted by Gasteiger charge is 2.15. The molecule has 0 N–H and O–H groups in total. The van der Waals surface area contributed by atoms with Gasteiger partial charge in [-0.2, -0.15) is 0 Å². The fraction of sp³-hybridized carbons (Fsp3) is 0.684. The van der Waals surface area contributed by atoms with E-state index in [4.69, 9.17) is 0 Å². The molecule has 1 heterocycles. The summed E-state index contributed by atoms with van der Waals surface area (Å²) in [5.74, 6) is 0. The van der Waals surface area contributed by atoms with Crippen LogP contribution in [-0.4, -0.2) is 37.6 Å². The first-order valence-electron chi connectivity index (χ1n) is 8.90. The third kappa shape index (κ3) is 5.03. The number of para-hydroxylation sites is 1. The van der Waals surface area contributed by atoms with Gasteiger partial charge in [-0.1, -0.05) is 44.9 Å². The number of hydrogen-bond donors (Lipinski definition) is 0. The normalized spacial score (nSPS) is 14.5. The maximum atomic E-state index is 2.60. The van der Waals surface area contributed by atoms with Crippen LogP contribution < -0.4 is 4.90 Å². The van der Waals surface area contributed by atoms with Gasteiger partial charge in [-0.25, -0.2) is 0 Å². The predicted molar refractivity (Wildman–Crippen MR) is 93.2 cm³/mol. The van der Waals surface area contributed by atoms with Gasteiger partial charge in [-0.05, 0) is 56.9 Å². The molecule has 118 valence electrons. The van der Waals surface area contributed by atoms with E-state index >= 15 is 0 Å². The lowest BCUT2D eigenvalue weighted by Gasteiger charge is -2.31. The fourth-order valence-electron chi connectivity index (χ4n) is 3.38. The van der Waals surface area contributed by atoms with E-state index in [1.54, 1.807) is 5.56 Å². The minimum Gasteiger partial charge on any atom is -0.371 e. The van der Waals surface area contributed by atoms with E-state index in [0.717, 1.165) is 0 Å². The van der Waals surface area contributed by atoms with Gasteiger partial charge in [0.2, 0.25) is 0 Å². The second-order valence-corrected chi connectivity index (χ2v) is 6.16. The smallest absolute Gasteiger partial charge is 0.0398 e. The SMILES string of the molecule is CCN(CC)CCCCCCN1CCCc2ccccc21. The van der Waals surface area contributed by atoms with Crippen LogP contribution >= 0.6 is 0 Å². The van der Waals surface area contributed by atoms with Gasteiger partial charge in [0.1, 0.15) is 0 Å². The van der Waals surface area contributed by atoms with Crippen molar-refractivity contribution < 1.29 is 0 Å². The molecule has 0 amide bonds. The highest BCUT2D eigenvalue weighted by molar-refractivity contribution is 5.55. The van der Waals surface area contributed by atoms with Crippen molar-refractivity contribution in [1.82, 2.24) is 4.90 Å². The Morgan fingerprint density at radius 3 is 2.57 bits per heavy atom. The number of nitrogens with zero attached hydrogens (tertiary/aromatic N) is 2. The molecule has 2 nitrogen and oxygen atoms in total. The van der Waals surface area contributed by atoms with Crippen molar-refractivity contribution in [2.24, 2.45) is 0 Å². The van der Waals surface area contributed by atoms with Gasteiger partial charge in [0.25, 0.3) is 0 Å². The van der Waals surface area contributed by atoms with Crippen molar-refractivity contribution in [3.63, 3.8) is 0 Å². The molecule has 0 aromatic heterocycles. The Labute approximate surface area is 131 Å². The molecular formula is C19H32N2. The Morgan fingerprint density at radius 2 is 1.76 bits per heavy atom. The first kappa shape index (κ1) is 16.4. The van der Waals surface area contributed by atoms with Crippen molar-refractivity contribution in [2.45, 2.75) is 52.4 Å². The fourth-order valence-corrected chi connectivity index (χ4v) is 3.38. The lowest BCUT2D eigenvalue weighted by atomic mass is 10.0. The molecular weight excluding hydrogens is 256 g/mol. The van der Waals surface area contributed by atoms with E-state index in [-0.39, 0.29) is 0 Å². The van der Waals surface area contributed by atoms with E-state index in [0.29, 0.717) is 0 Å². The molecule has 1 aromatic carbocycles. The van der Waals surface area contributed by atoms with Crippen molar-refractivity contribution in [3.05, 3.63) is 29.8 Å². The lowest BCUT2D eigenvalue weighted by Crippen LogP contribution is -2.30. The highest BCUT2D eigenvalue weighted by atomic mass is 15.1. The first-order valence-corrected chi connectivity index (χ1v) is 8.90. The summed E-state index contributed by atoms with van der Waals surface area (Å²) in [6.07, 6.45) is 8.03. The van der Waals surface area contributed by atoms with E-state index in [1.165, 1.54) is 76.9 Å². The highest BCUT2D eigenvalue weighted by Crippen LogP contribution is 2.26. The number of aryl methyl sites for hydroxylation is 1. The van der Waals surface area contributed by atoms with Crippen molar-refractivity contribution in [1.29, 1.82) is 0 Å². The predicted octanol–water partition coefficient (Wildman–Crippen LogP) is 4.34. The Hall–Kier alpha value is -1.02. The summed E-state index contributed by atoms with van der Waals surface area (Å²) in [5.41, 5.74) is 3.04. The molecule has 0 fully saturated rings. The molecule has 2 heteroatoms. The Bertz CT molecular complexity index is 398. The standard InChI is InChI=1S/C19H32N2/c1-3-20(4-2)15-9-5-6-10-16-21-17-11-13-18-12-7-8-14-19(18)21/h7-8,12,14H,3-6,9-11,13,15-17H2,1-2H3. The third-order valence-electron chi connectivity index (χ3n) is 4.75. The Morgan fingerprint density at radius 1 is 1.00 bits per heavy atom. The van der Waals surface area contributed by atoms with Crippen LogP contribution in [0.1, 0.15) is 51.5 Å². The zero-order chi connectivity index (χ0) is 14.9. The summed E-state index contributed by atoms with van der Waals surface area (Å²) in [4.78, 5) is 5.13. The summed E-state index contributed by atoms with van der Waals surface area (Å²) in [7, 11) is 0. The molecule has 0 unspecified atom stereocenters. The Kier molecular flexibility index (Phi) is 7.08. The average Bonchev–Trinajstić information content (AvgIpc) is 2.54. The lowest BCUT2D eigenvalue weighted by molar-refractivity contribution is 0.295. The number of hydrogen-bond acceptors (Lipinski definition) is 2. The maximum absolute atomic E-state index is 2.60. The van der Waals surface area contributed by atoms with Gasteiger partial charge < -0.3 is 9.80 Å². The quantitative estimate of drug-likeness (QED) is 0.624. The third-order valence-corrected chi connectivity index (χ3v) is 4.75. The zero-order valence-electron chi connectivity index (χ0n) is 14.0. The monoisotopic (exact) mass is 288 g/mol. The number of benzene rings is 1. The number of fused-ring (bicyclic) bond motifs is 1. The van der Waals surface area contributed by atoms with Crippen LogP contribution in [-0.2, 0) is 6.42 Å². The molecule has 0 atom stereocenters. The van der Waals surface area contributed by atoms with Gasteiger partial charge in [-0.3, -0.25) is 0 Å². The summed E-state index contributed by atoms with van der Waals surface area (Å²) in [5, 5.41) is 0. The molecule has 0 bridgehead atoms. The van der Waals surface area contributed by atoms with Gasteiger partial charge >= 0.3 is 0 Å². The Balaban J connectivity index is 1.64. The van der Waals surface area contributed by atoms with Crippen molar-refractivity contribution in [2.75, 3.05) is 37.6 Å². The number of unbranched alkanes of at least 4 members (excludes halogenated alkanes) is 3. The summed E-state index contributed by atoms with van der Waals surface area (Å²) in [6.45, 7) is 10.7. The number of rotatable bonds is 9. The average molecular weight is 288 g/mol. The van der Waals surface area contributed by atoms with Crippen molar-refractivity contribution in [3.8, 4) is 0 Å². The molecule has 0 saturated heterocycles. The second-order valence-electron chi connectivity index (χ2n) is 6.16. The van der Waals surface area contributed by atoms with Crippen LogP contribution in [0.15, 0.2) is 24.3 Å². The molecule has 1 aliphatic rings. The summed E-state index contributed by atoms with van der Waals surface area (Å²) >= 11 is 0. The van der Waals surface area contributed by atoms with Crippen molar-refractivity contribution >= 4 is 5.69 Å². The van der Waals surface area contributed by atoms with Crippen LogP contribution in [0.25, 0.3) is 0 Å². The van der Waals surface area contributed by atoms with Gasteiger partial charge in [0, 0.05) is 18.8 Å². The summed E-state index contributed by atoms with van der Waals surface area (Å²) in [6, 6.07) is 8.96. The molecule has 0 saturated carbocycles.